The van der Waals surface area contributed by atoms with Gasteiger partial charge in [0.2, 0.25) is 0 Å². The molecular formula is C16H27NO2. The molecule has 0 saturated carbocycles. The monoisotopic (exact) mass is 265 g/mol. The molecule has 1 aromatic carbocycles. The van der Waals surface area contributed by atoms with Gasteiger partial charge in [-0.1, -0.05) is 31.9 Å². The van der Waals surface area contributed by atoms with Crippen LogP contribution in [-0.2, 0) is 5.60 Å². The highest BCUT2D eigenvalue weighted by molar-refractivity contribution is 5.32. The molecular weight excluding hydrogens is 238 g/mol. The minimum atomic E-state index is -0.755. The van der Waals surface area contributed by atoms with Gasteiger partial charge in [0.25, 0.3) is 0 Å². The van der Waals surface area contributed by atoms with Gasteiger partial charge in [-0.3, -0.25) is 0 Å². The van der Waals surface area contributed by atoms with Gasteiger partial charge in [-0.15, -0.1) is 0 Å². The molecule has 0 aliphatic heterocycles. The van der Waals surface area contributed by atoms with Gasteiger partial charge in [0.1, 0.15) is 5.75 Å². The van der Waals surface area contributed by atoms with Crippen molar-refractivity contribution in [1.29, 1.82) is 0 Å². The summed E-state index contributed by atoms with van der Waals surface area (Å²) in [7, 11) is 5.72. The maximum Gasteiger partial charge on any atom is 0.119 e. The Kier molecular flexibility index (Phi) is 6.32. The van der Waals surface area contributed by atoms with Crippen molar-refractivity contribution in [3.05, 3.63) is 29.8 Å². The number of nitrogens with zero attached hydrogens (tertiary/aromatic N) is 1. The van der Waals surface area contributed by atoms with Gasteiger partial charge in [0.15, 0.2) is 0 Å². The predicted octanol–water partition coefficient (Wildman–Crippen LogP) is 3.02. The zero-order valence-corrected chi connectivity index (χ0v) is 12.6. The maximum absolute atomic E-state index is 11.0. The lowest BCUT2D eigenvalue weighted by Gasteiger charge is -2.30. The first kappa shape index (κ1) is 16.0. The Labute approximate surface area is 117 Å². The summed E-state index contributed by atoms with van der Waals surface area (Å²) in [5.41, 5.74) is 0.205. The second kappa shape index (κ2) is 7.51. The number of hydrogen-bond donors (Lipinski definition) is 1. The molecule has 1 atom stereocenters. The molecule has 0 aliphatic rings. The van der Waals surface area contributed by atoms with E-state index < -0.39 is 5.60 Å². The van der Waals surface area contributed by atoms with Crippen molar-refractivity contribution >= 4 is 0 Å². The third-order valence-corrected chi connectivity index (χ3v) is 3.52. The maximum atomic E-state index is 11.0. The van der Waals surface area contributed by atoms with Crippen LogP contribution in [-0.4, -0.2) is 37.8 Å². The van der Waals surface area contributed by atoms with Crippen LogP contribution in [0.2, 0.25) is 0 Å². The summed E-state index contributed by atoms with van der Waals surface area (Å²) in [5.74, 6) is 0.803. The van der Waals surface area contributed by atoms with Crippen LogP contribution in [0.4, 0.5) is 0 Å². The zero-order chi connectivity index (χ0) is 14.3. The molecule has 3 heteroatoms. The predicted molar refractivity (Wildman–Crippen MR) is 79.6 cm³/mol. The van der Waals surface area contributed by atoms with Gasteiger partial charge < -0.3 is 14.7 Å². The Morgan fingerprint density at radius 2 is 2.00 bits per heavy atom. The summed E-state index contributed by atoms with van der Waals surface area (Å²) in [5, 5.41) is 11.0. The van der Waals surface area contributed by atoms with Crippen LogP contribution in [0.1, 0.15) is 38.2 Å². The second-order valence-corrected chi connectivity index (χ2v) is 5.42. The number of unbranched alkanes of at least 4 members (excludes halogenated alkanes) is 1. The molecule has 0 spiro atoms. The van der Waals surface area contributed by atoms with Crippen molar-refractivity contribution < 1.29 is 9.84 Å². The van der Waals surface area contributed by atoms with Crippen molar-refractivity contribution in [1.82, 2.24) is 4.90 Å². The van der Waals surface area contributed by atoms with Crippen LogP contribution in [0.15, 0.2) is 24.3 Å². The molecule has 0 saturated heterocycles. The average Bonchev–Trinajstić information content (AvgIpc) is 2.43. The van der Waals surface area contributed by atoms with Crippen molar-refractivity contribution in [2.24, 2.45) is 0 Å². The van der Waals surface area contributed by atoms with Crippen LogP contribution in [0.25, 0.3) is 0 Å². The van der Waals surface area contributed by atoms with E-state index >= 15 is 0 Å². The largest absolute Gasteiger partial charge is 0.497 e. The number of hydrogen-bond acceptors (Lipinski definition) is 3. The lowest BCUT2D eigenvalue weighted by atomic mass is 9.85. The Morgan fingerprint density at radius 1 is 1.26 bits per heavy atom. The van der Waals surface area contributed by atoms with E-state index in [1.54, 1.807) is 7.11 Å². The molecule has 19 heavy (non-hydrogen) atoms. The smallest absolute Gasteiger partial charge is 0.119 e. The highest BCUT2D eigenvalue weighted by Crippen LogP contribution is 2.32. The lowest BCUT2D eigenvalue weighted by Crippen LogP contribution is -2.30. The molecule has 0 aromatic heterocycles. The second-order valence-electron chi connectivity index (χ2n) is 5.42. The Balaban J connectivity index is 2.92. The van der Waals surface area contributed by atoms with E-state index in [-0.39, 0.29) is 0 Å². The van der Waals surface area contributed by atoms with E-state index in [1.165, 1.54) is 0 Å². The normalized spacial score (nSPS) is 14.4. The number of methoxy groups -OCH3 is 1. The number of benzene rings is 1. The highest BCUT2D eigenvalue weighted by atomic mass is 16.5. The van der Waals surface area contributed by atoms with Gasteiger partial charge in [0, 0.05) is 6.54 Å². The average molecular weight is 265 g/mol. The quantitative estimate of drug-likeness (QED) is 0.784. The first-order valence-corrected chi connectivity index (χ1v) is 7.03. The fourth-order valence-electron chi connectivity index (χ4n) is 2.20. The van der Waals surface area contributed by atoms with E-state index in [9.17, 15) is 5.11 Å². The Bertz CT molecular complexity index is 379. The van der Waals surface area contributed by atoms with E-state index in [4.69, 9.17) is 4.74 Å². The number of rotatable bonds is 8. The summed E-state index contributed by atoms with van der Waals surface area (Å²) >= 11 is 0. The van der Waals surface area contributed by atoms with E-state index in [2.05, 4.69) is 11.8 Å². The topological polar surface area (TPSA) is 32.7 Å². The van der Waals surface area contributed by atoms with Crippen molar-refractivity contribution in [2.45, 2.75) is 38.2 Å². The van der Waals surface area contributed by atoms with Gasteiger partial charge >= 0.3 is 0 Å². The molecule has 0 bridgehead atoms. The molecule has 1 aromatic rings. The van der Waals surface area contributed by atoms with Gasteiger partial charge in [-0.05, 0) is 44.6 Å². The minimum absolute atomic E-state index is 0.743. The van der Waals surface area contributed by atoms with Crippen molar-refractivity contribution in [3.8, 4) is 5.75 Å². The van der Waals surface area contributed by atoms with Gasteiger partial charge in [0.05, 0.1) is 12.7 Å². The number of ether oxygens (including phenoxy) is 1. The Morgan fingerprint density at radius 3 is 2.58 bits per heavy atom. The molecule has 0 radical (unpaired) electrons. The van der Waals surface area contributed by atoms with Crippen LogP contribution in [0.5, 0.6) is 5.75 Å². The highest BCUT2D eigenvalue weighted by Gasteiger charge is 2.28. The zero-order valence-electron chi connectivity index (χ0n) is 12.6. The summed E-state index contributed by atoms with van der Waals surface area (Å²) in [6.45, 7) is 3.02. The van der Waals surface area contributed by atoms with Crippen LogP contribution in [0.3, 0.4) is 0 Å². The fourth-order valence-corrected chi connectivity index (χ4v) is 2.20. The van der Waals surface area contributed by atoms with Crippen LogP contribution in [0, 0.1) is 0 Å². The van der Waals surface area contributed by atoms with Gasteiger partial charge in [-0.2, -0.15) is 0 Å². The molecule has 1 unspecified atom stereocenters. The fraction of sp³-hybridized carbons (Fsp3) is 0.625. The minimum Gasteiger partial charge on any atom is -0.497 e. The van der Waals surface area contributed by atoms with Crippen molar-refractivity contribution in [2.75, 3.05) is 27.7 Å². The van der Waals surface area contributed by atoms with E-state index in [0.717, 1.165) is 43.5 Å². The first-order valence-electron chi connectivity index (χ1n) is 7.03. The summed E-state index contributed by atoms with van der Waals surface area (Å²) in [6, 6.07) is 7.80. The molecule has 1 N–H and O–H groups in total. The number of aliphatic hydroxyl groups is 1. The lowest BCUT2D eigenvalue weighted by molar-refractivity contribution is 0.0101. The summed E-state index contributed by atoms with van der Waals surface area (Å²) in [6.07, 6.45) is 3.66. The third-order valence-electron chi connectivity index (χ3n) is 3.52. The molecule has 0 heterocycles. The molecule has 0 amide bonds. The van der Waals surface area contributed by atoms with Crippen molar-refractivity contribution in [3.63, 3.8) is 0 Å². The van der Waals surface area contributed by atoms with E-state index in [1.807, 2.05) is 38.4 Å². The molecule has 0 aliphatic carbocycles. The van der Waals surface area contributed by atoms with Crippen LogP contribution < -0.4 is 4.74 Å². The molecule has 1 rings (SSSR count). The Hall–Kier alpha value is -1.06. The molecule has 3 nitrogen and oxygen atoms in total. The van der Waals surface area contributed by atoms with Crippen LogP contribution >= 0.6 is 0 Å². The van der Waals surface area contributed by atoms with Gasteiger partial charge in [-0.25, -0.2) is 0 Å². The summed E-state index contributed by atoms with van der Waals surface area (Å²) in [4.78, 5) is 2.11. The first-order chi connectivity index (χ1) is 9.01. The SMILES string of the molecule is CCCCC(O)(CCN(C)C)c1cccc(OC)c1. The third kappa shape index (κ3) is 4.84. The standard InChI is InChI=1S/C16H27NO2/c1-5-6-10-16(18,11-12-17(2)3)14-8-7-9-15(13-14)19-4/h7-9,13,18H,5-6,10-12H2,1-4H3. The molecule has 0 fully saturated rings. The molecule has 108 valence electrons. The summed E-state index contributed by atoms with van der Waals surface area (Å²) < 4.78 is 5.26. The van der Waals surface area contributed by atoms with E-state index in [0.29, 0.717) is 0 Å².